The van der Waals surface area contributed by atoms with Gasteiger partial charge >= 0.3 is 5.97 Å². The molecular formula is C13H11N3O2. The van der Waals surface area contributed by atoms with Gasteiger partial charge in [0.15, 0.2) is 5.57 Å². The van der Waals surface area contributed by atoms with E-state index >= 15 is 0 Å². The quantitative estimate of drug-likeness (QED) is 0.489. The summed E-state index contributed by atoms with van der Waals surface area (Å²) in [4.78, 5) is 15.8. The lowest BCUT2D eigenvalue weighted by molar-refractivity contribution is -0.138. The fourth-order valence-electron chi connectivity index (χ4n) is 1.55. The first kappa shape index (κ1) is 11.9. The third kappa shape index (κ3) is 2.23. The van der Waals surface area contributed by atoms with E-state index in [9.17, 15) is 4.79 Å². The van der Waals surface area contributed by atoms with Crippen molar-refractivity contribution in [3.63, 3.8) is 0 Å². The molecule has 2 rings (SSSR count). The van der Waals surface area contributed by atoms with Crippen LogP contribution in [0.3, 0.4) is 0 Å². The van der Waals surface area contributed by atoms with Crippen molar-refractivity contribution in [1.82, 2.24) is 0 Å². The average molecular weight is 241 g/mol. The highest BCUT2D eigenvalue weighted by Crippen LogP contribution is 2.29. The van der Waals surface area contributed by atoms with Gasteiger partial charge in [0.1, 0.15) is 6.07 Å². The van der Waals surface area contributed by atoms with Crippen LogP contribution < -0.4 is 5.32 Å². The summed E-state index contributed by atoms with van der Waals surface area (Å²) >= 11 is 0. The van der Waals surface area contributed by atoms with Gasteiger partial charge in [-0.05, 0) is 19.1 Å². The number of benzene rings is 1. The molecule has 0 amide bonds. The van der Waals surface area contributed by atoms with E-state index in [4.69, 9.17) is 10.00 Å². The second-order valence-corrected chi connectivity index (χ2v) is 3.52. The summed E-state index contributed by atoms with van der Waals surface area (Å²) in [6.07, 6.45) is 1.46. The highest BCUT2D eigenvalue weighted by molar-refractivity contribution is 6.04. The Morgan fingerprint density at radius 3 is 3.00 bits per heavy atom. The maximum atomic E-state index is 11.6. The van der Waals surface area contributed by atoms with Crippen LogP contribution in [0.15, 0.2) is 40.5 Å². The molecule has 1 heterocycles. The number of carbonyl (C=O) groups is 1. The molecule has 90 valence electrons. The molecule has 0 fully saturated rings. The number of rotatable bonds is 2. The van der Waals surface area contributed by atoms with Crippen LogP contribution in [0.5, 0.6) is 0 Å². The van der Waals surface area contributed by atoms with Gasteiger partial charge in [-0.2, -0.15) is 5.26 Å². The summed E-state index contributed by atoms with van der Waals surface area (Å²) < 4.78 is 4.82. The molecule has 1 aromatic carbocycles. The van der Waals surface area contributed by atoms with E-state index in [-0.39, 0.29) is 12.2 Å². The zero-order valence-corrected chi connectivity index (χ0v) is 9.80. The number of hydrogen-bond acceptors (Lipinski definition) is 5. The zero-order chi connectivity index (χ0) is 13.0. The van der Waals surface area contributed by atoms with Crippen LogP contribution in [0.25, 0.3) is 0 Å². The Labute approximate surface area is 104 Å². The van der Waals surface area contributed by atoms with E-state index < -0.39 is 5.97 Å². The van der Waals surface area contributed by atoms with Gasteiger partial charge in [-0.25, -0.2) is 4.79 Å². The van der Waals surface area contributed by atoms with E-state index in [1.807, 2.05) is 30.3 Å². The summed E-state index contributed by atoms with van der Waals surface area (Å²) in [5.74, 6) is -0.645. The molecule has 1 aliphatic heterocycles. The predicted octanol–water partition coefficient (Wildman–Crippen LogP) is 2.16. The largest absolute Gasteiger partial charge is 0.462 e. The Balaban J connectivity index is 2.37. The smallest absolute Gasteiger partial charge is 0.351 e. The monoisotopic (exact) mass is 241 g/mol. The third-order valence-corrected chi connectivity index (χ3v) is 2.37. The number of allylic oxidation sites excluding steroid dienone is 1. The van der Waals surface area contributed by atoms with E-state index in [1.165, 1.54) is 6.21 Å². The molecule has 0 saturated heterocycles. The lowest BCUT2D eigenvalue weighted by Gasteiger charge is -2.15. The number of carbonyl (C=O) groups excluding carboxylic acids is 1. The number of fused-ring (bicyclic) bond motifs is 1. The minimum absolute atomic E-state index is 0.0740. The minimum atomic E-state index is -0.645. The van der Waals surface area contributed by atoms with Crippen LogP contribution in [0.2, 0.25) is 0 Å². The second kappa shape index (κ2) is 5.15. The number of para-hydroxylation sites is 2. The van der Waals surface area contributed by atoms with Gasteiger partial charge in [-0.15, -0.1) is 0 Å². The van der Waals surface area contributed by atoms with Crippen molar-refractivity contribution in [2.24, 2.45) is 4.99 Å². The van der Waals surface area contributed by atoms with E-state index in [0.717, 1.165) is 11.4 Å². The zero-order valence-electron chi connectivity index (χ0n) is 9.80. The average Bonchev–Trinajstić information content (AvgIpc) is 2.40. The molecule has 0 spiro atoms. The van der Waals surface area contributed by atoms with Crippen molar-refractivity contribution in [3.8, 4) is 6.07 Å². The fourth-order valence-corrected chi connectivity index (χ4v) is 1.55. The molecule has 0 saturated carbocycles. The second-order valence-electron chi connectivity index (χ2n) is 3.52. The first-order chi connectivity index (χ1) is 8.76. The molecule has 18 heavy (non-hydrogen) atoms. The Kier molecular flexibility index (Phi) is 3.39. The molecule has 0 unspecified atom stereocenters. The maximum absolute atomic E-state index is 11.6. The third-order valence-electron chi connectivity index (χ3n) is 2.37. The molecule has 1 aliphatic rings. The number of nitrogens with one attached hydrogen (secondary N) is 1. The van der Waals surface area contributed by atoms with E-state index in [0.29, 0.717) is 5.70 Å². The Bertz CT molecular complexity index is 582. The Morgan fingerprint density at radius 2 is 2.28 bits per heavy atom. The number of nitrogens with zero attached hydrogens (tertiary/aromatic N) is 2. The number of anilines is 1. The van der Waals surface area contributed by atoms with Gasteiger partial charge in [-0.3, -0.25) is 4.99 Å². The summed E-state index contributed by atoms with van der Waals surface area (Å²) in [5, 5.41) is 12.0. The van der Waals surface area contributed by atoms with Crippen LogP contribution in [-0.2, 0) is 9.53 Å². The highest BCUT2D eigenvalue weighted by atomic mass is 16.5. The van der Waals surface area contributed by atoms with Gasteiger partial charge < -0.3 is 10.1 Å². The van der Waals surface area contributed by atoms with Gasteiger partial charge in [0.05, 0.1) is 29.9 Å². The maximum Gasteiger partial charge on any atom is 0.351 e. The molecular weight excluding hydrogens is 230 g/mol. The SMILES string of the molecule is CCOC(=O)/C(C#N)=C1\C=Nc2ccccc2N1. The molecule has 0 atom stereocenters. The van der Waals surface area contributed by atoms with Crippen molar-refractivity contribution < 1.29 is 9.53 Å². The van der Waals surface area contributed by atoms with Crippen LogP contribution in [0, 0.1) is 11.3 Å². The normalized spacial score (nSPS) is 15.1. The Hall–Kier alpha value is -2.61. The van der Waals surface area contributed by atoms with Gasteiger partial charge in [0, 0.05) is 0 Å². The summed E-state index contributed by atoms with van der Waals surface area (Å²) in [6, 6.07) is 9.22. The lowest BCUT2D eigenvalue weighted by Crippen LogP contribution is -2.15. The summed E-state index contributed by atoms with van der Waals surface area (Å²) in [5.41, 5.74) is 1.80. The van der Waals surface area contributed by atoms with E-state index in [2.05, 4.69) is 10.3 Å². The number of esters is 1. The van der Waals surface area contributed by atoms with Crippen molar-refractivity contribution in [1.29, 1.82) is 5.26 Å². The van der Waals surface area contributed by atoms with Crippen molar-refractivity contribution in [3.05, 3.63) is 35.5 Å². The van der Waals surface area contributed by atoms with Crippen LogP contribution in [0.4, 0.5) is 11.4 Å². The highest BCUT2D eigenvalue weighted by Gasteiger charge is 2.18. The van der Waals surface area contributed by atoms with Crippen LogP contribution in [-0.4, -0.2) is 18.8 Å². The Morgan fingerprint density at radius 1 is 1.50 bits per heavy atom. The molecule has 1 N–H and O–H groups in total. The molecule has 5 nitrogen and oxygen atoms in total. The standard InChI is InChI=1S/C13H11N3O2/c1-2-18-13(17)9(7-14)12-8-15-10-5-3-4-6-11(10)16-12/h3-6,8,16H,2H2,1H3/b12-9+. The minimum Gasteiger partial charge on any atom is -0.462 e. The molecule has 0 aliphatic carbocycles. The van der Waals surface area contributed by atoms with E-state index in [1.54, 1.807) is 6.92 Å². The predicted molar refractivity (Wildman–Crippen MR) is 67.5 cm³/mol. The molecule has 5 heteroatoms. The van der Waals surface area contributed by atoms with Crippen molar-refractivity contribution >= 4 is 23.6 Å². The lowest BCUT2D eigenvalue weighted by atomic mass is 10.1. The number of nitriles is 1. The van der Waals surface area contributed by atoms with Gasteiger partial charge in [0.2, 0.25) is 0 Å². The van der Waals surface area contributed by atoms with Crippen LogP contribution in [0.1, 0.15) is 6.92 Å². The first-order valence-corrected chi connectivity index (χ1v) is 5.48. The van der Waals surface area contributed by atoms with Gasteiger partial charge in [0.25, 0.3) is 0 Å². The molecule has 0 radical (unpaired) electrons. The number of hydrogen-bond donors (Lipinski definition) is 1. The summed E-state index contributed by atoms with van der Waals surface area (Å²) in [7, 11) is 0. The van der Waals surface area contributed by atoms with Crippen molar-refractivity contribution in [2.45, 2.75) is 6.92 Å². The first-order valence-electron chi connectivity index (χ1n) is 5.48. The summed E-state index contributed by atoms with van der Waals surface area (Å²) in [6.45, 7) is 1.92. The molecule has 0 aromatic heterocycles. The molecule has 0 bridgehead atoms. The fraction of sp³-hybridized carbons (Fsp3) is 0.154. The van der Waals surface area contributed by atoms with Gasteiger partial charge in [-0.1, -0.05) is 12.1 Å². The number of ether oxygens (including phenoxy) is 1. The molecule has 1 aromatic rings. The van der Waals surface area contributed by atoms with Crippen LogP contribution >= 0.6 is 0 Å². The number of aliphatic imine (C=N–C) groups is 1. The van der Waals surface area contributed by atoms with Crippen molar-refractivity contribution in [2.75, 3.05) is 11.9 Å². The topological polar surface area (TPSA) is 74.5 Å².